The van der Waals surface area contributed by atoms with Gasteiger partial charge in [-0.25, -0.2) is 0 Å². The minimum Gasteiger partial charge on any atom is -0.256 e. The Labute approximate surface area is 317 Å². The Bertz CT molecular complexity index is 2380. The van der Waals surface area contributed by atoms with Gasteiger partial charge in [-0.15, -0.1) is 67.2 Å². The van der Waals surface area contributed by atoms with Crippen molar-refractivity contribution < 1.29 is 21.1 Å². The smallest absolute Gasteiger partial charge is 0.0521 e. The Morgan fingerprint density at radius 2 is 0.577 bits per heavy atom. The van der Waals surface area contributed by atoms with E-state index in [9.17, 15) is 0 Å². The second-order valence-electron chi connectivity index (χ2n) is 13.2. The molecule has 3 aromatic heterocycles. The maximum atomic E-state index is 5.53. The van der Waals surface area contributed by atoms with E-state index in [0.29, 0.717) is 0 Å². The van der Waals surface area contributed by atoms with Crippen molar-refractivity contribution in [1.82, 2.24) is 15.0 Å². The van der Waals surface area contributed by atoms with Crippen molar-refractivity contribution in [3.63, 3.8) is 0 Å². The normalized spacial score (nSPS) is 16.5. The molecular formula is C48H30N3Pt-3. The van der Waals surface area contributed by atoms with Crippen LogP contribution in [0, 0.1) is 18.2 Å². The van der Waals surface area contributed by atoms with Gasteiger partial charge in [0.15, 0.2) is 0 Å². The fourth-order valence-corrected chi connectivity index (χ4v) is 7.99. The maximum absolute atomic E-state index is 5.53. The standard InChI is InChI=1S/C48H30N3.Pt/c1-4-19-34-31(13-1)16-7-22-37(34)46-40-25-10-27-42(49-40)47(38-23-8-17-32-14-2-5-20-35(32)38)44-29-12-30-45(51-44)48(43-28-11-26-41(46)50-43)39-24-9-18-33-15-3-6-21-36(33)39;/h1-21,25-30,46-48H;/q-3;. The van der Waals surface area contributed by atoms with Crippen LogP contribution in [0.25, 0.3) is 32.3 Å². The van der Waals surface area contributed by atoms with Gasteiger partial charge >= 0.3 is 0 Å². The molecule has 6 bridgehead atoms. The third kappa shape index (κ3) is 5.45. The molecule has 10 rings (SSSR count). The van der Waals surface area contributed by atoms with Crippen LogP contribution in [-0.4, -0.2) is 15.0 Å². The van der Waals surface area contributed by atoms with Gasteiger partial charge in [-0.1, -0.05) is 72.8 Å². The van der Waals surface area contributed by atoms with Crippen LogP contribution in [0.15, 0.2) is 164 Å². The number of nitrogens with zero attached hydrogens (tertiary/aromatic N) is 3. The van der Waals surface area contributed by atoms with Gasteiger partial charge in [0.2, 0.25) is 0 Å². The van der Waals surface area contributed by atoms with Gasteiger partial charge in [0, 0.05) is 38.8 Å². The fraction of sp³-hybridized carbons (Fsp3) is 0.0625. The quantitative estimate of drug-likeness (QED) is 0.166. The number of aromatic nitrogens is 3. The molecule has 0 saturated heterocycles. The number of benzene rings is 6. The molecule has 4 heterocycles. The predicted molar refractivity (Wildman–Crippen MR) is 204 cm³/mol. The van der Waals surface area contributed by atoms with E-state index < -0.39 is 0 Å². The first-order chi connectivity index (χ1) is 25.3. The molecular weight excluding hydrogens is 814 g/mol. The monoisotopic (exact) mass is 843 g/mol. The van der Waals surface area contributed by atoms with Gasteiger partial charge in [-0.05, 0) is 36.4 Å². The van der Waals surface area contributed by atoms with Crippen molar-refractivity contribution >= 4 is 32.3 Å². The molecule has 0 aliphatic carbocycles. The molecule has 250 valence electrons. The van der Waals surface area contributed by atoms with Crippen molar-refractivity contribution in [2.24, 2.45) is 0 Å². The van der Waals surface area contributed by atoms with Crippen LogP contribution in [0.3, 0.4) is 0 Å². The van der Waals surface area contributed by atoms with Gasteiger partial charge < -0.3 is 0 Å². The van der Waals surface area contributed by atoms with Crippen LogP contribution >= 0.6 is 0 Å². The van der Waals surface area contributed by atoms with Gasteiger partial charge in [-0.2, -0.15) is 54.6 Å². The van der Waals surface area contributed by atoms with E-state index in [-0.39, 0.29) is 38.8 Å². The number of rotatable bonds is 3. The first-order valence-corrected chi connectivity index (χ1v) is 17.4. The Balaban J connectivity index is 0.00000360. The minimum absolute atomic E-state index is 0. The van der Waals surface area contributed by atoms with E-state index in [4.69, 9.17) is 15.0 Å². The number of pyridine rings is 3. The Morgan fingerprint density at radius 3 is 0.865 bits per heavy atom. The zero-order valence-electron chi connectivity index (χ0n) is 28.0. The van der Waals surface area contributed by atoms with Crippen LogP contribution in [0.2, 0.25) is 0 Å². The Morgan fingerprint density at radius 1 is 0.308 bits per heavy atom. The average molecular weight is 844 g/mol. The number of hydrogen-bond acceptors (Lipinski definition) is 3. The fourth-order valence-electron chi connectivity index (χ4n) is 7.99. The predicted octanol–water partition coefficient (Wildman–Crippen LogP) is 10.6. The minimum atomic E-state index is -0.268. The van der Waals surface area contributed by atoms with Crippen molar-refractivity contribution in [3.05, 3.63) is 233 Å². The number of fused-ring (bicyclic) bond motifs is 9. The molecule has 0 atom stereocenters. The summed E-state index contributed by atoms with van der Waals surface area (Å²) >= 11 is 0. The molecule has 4 heteroatoms. The molecule has 9 aromatic rings. The third-order valence-corrected chi connectivity index (χ3v) is 10.3. The molecule has 3 nitrogen and oxygen atoms in total. The van der Waals surface area contributed by atoms with Crippen molar-refractivity contribution in [2.45, 2.75) is 17.8 Å². The maximum Gasteiger partial charge on any atom is 0.0521 e. The SMILES string of the molecule is [Pt].[c-]1ccc2ccccc2c1C1c2cccc(n2)C(c2[c-]ccc3ccccc23)c2cccc(n2)C(c2[c-]ccc3ccccc23)c2cccc1n2. The molecule has 1 aliphatic rings. The molecule has 52 heavy (non-hydrogen) atoms. The van der Waals surface area contributed by atoms with E-state index in [1.165, 1.54) is 0 Å². The molecule has 0 unspecified atom stereocenters. The first-order valence-electron chi connectivity index (χ1n) is 17.4. The summed E-state index contributed by atoms with van der Waals surface area (Å²) in [7, 11) is 0. The van der Waals surface area contributed by atoms with Gasteiger partial charge in [-0.3, -0.25) is 15.0 Å². The molecule has 0 N–H and O–H groups in total. The van der Waals surface area contributed by atoms with Crippen LogP contribution in [0.4, 0.5) is 0 Å². The third-order valence-electron chi connectivity index (χ3n) is 10.3. The number of hydrogen-bond donors (Lipinski definition) is 0. The summed E-state index contributed by atoms with van der Waals surface area (Å²) in [6, 6.07) is 68.1. The van der Waals surface area contributed by atoms with Gasteiger partial charge in [0.25, 0.3) is 0 Å². The van der Waals surface area contributed by atoms with E-state index in [0.717, 1.165) is 83.2 Å². The van der Waals surface area contributed by atoms with Crippen molar-refractivity contribution in [3.8, 4) is 0 Å². The molecule has 6 aromatic carbocycles. The summed E-state index contributed by atoms with van der Waals surface area (Å²) in [6.07, 6.45) is 0. The van der Waals surface area contributed by atoms with E-state index in [2.05, 4.69) is 164 Å². The molecule has 0 fully saturated rings. The first kappa shape index (κ1) is 32.2. The van der Waals surface area contributed by atoms with Crippen LogP contribution in [-0.2, 0) is 21.1 Å². The summed E-state index contributed by atoms with van der Waals surface area (Å²) in [5.74, 6) is -0.803. The van der Waals surface area contributed by atoms with Crippen molar-refractivity contribution in [2.75, 3.05) is 0 Å². The zero-order chi connectivity index (χ0) is 33.7. The largest absolute Gasteiger partial charge is 0.256 e. The summed E-state index contributed by atoms with van der Waals surface area (Å²) < 4.78 is 0. The molecule has 0 amide bonds. The van der Waals surface area contributed by atoms with Gasteiger partial charge in [0.1, 0.15) is 0 Å². The Kier molecular flexibility index (Phi) is 8.30. The van der Waals surface area contributed by atoms with Crippen molar-refractivity contribution in [1.29, 1.82) is 0 Å². The second-order valence-corrected chi connectivity index (χ2v) is 13.2. The van der Waals surface area contributed by atoms with E-state index in [1.54, 1.807) is 0 Å². The summed E-state index contributed by atoms with van der Waals surface area (Å²) in [5.41, 5.74) is 8.66. The van der Waals surface area contributed by atoms with E-state index in [1.807, 2.05) is 18.2 Å². The van der Waals surface area contributed by atoms with Gasteiger partial charge in [0.05, 0.1) is 34.2 Å². The summed E-state index contributed by atoms with van der Waals surface area (Å²) in [4.78, 5) is 16.6. The average Bonchev–Trinajstić information content (AvgIpc) is 3.19. The molecule has 0 radical (unpaired) electrons. The topological polar surface area (TPSA) is 38.7 Å². The molecule has 1 aliphatic heterocycles. The summed E-state index contributed by atoms with van der Waals surface area (Å²) in [6.45, 7) is 0. The van der Waals surface area contributed by atoms with Crippen LogP contribution in [0.1, 0.15) is 68.6 Å². The second kappa shape index (κ2) is 13.4. The van der Waals surface area contributed by atoms with E-state index >= 15 is 0 Å². The van der Waals surface area contributed by atoms with Crippen LogP contribution < -0.4 is 0 Å². The van der Waals surface area contributed by atoms with Crippen LogP contribution in [0.5, 0.6) is 0 Å². The molecule has 0 saturated carbocycles. The molecule has 0 spiro atoms. The zero-order valence-corrected chi connectivity index (χ0v) is 30.3. The summed E-state index contributed by atoms with van der Waals surface area (Å²) in [5, 5.41) is 6.91. The Hall–Kier alpha value is -5.76.